The zero-order valence-corrected chi connectivity index (χ0v) is 11.5. The van der Waals surface area contributed by atoms with Crippen molar-refractivity contribution in [3.05, 3.63) is 35.4 Å². The standard InChI is InChI=1S/C15H24N2O/c1-17(15-7-8-15)10-9-16-11-13-3-5-14(6-4-13)12-18-2/h3-6,15-16H,7-12H2,1-2H3. The van der Waals surface area contributed by atoms with Gasteiger partial charge in [0.25, 0.3) is 0 Å². The van der Waals surface area contributed by atoms with E-state index in [4.69, 9.17) is 4.74 Å². The highest BCUT2D eigenvalue weighted by atomic mass is 16.5. The van der Waals surface area contributed by atoms with Crippen molar-refractivity contribution >= 4 is 0 Å². The minimum atomic E-state index is 0.694. The summed E-state index contributed by atoms with van der Waals surface area (Å²) < 4.78 is 5.10. The Labute approximate surface area is 110 Å². The second-order valence-electron chi connectivity index (χ2n) is 5.14. The van der Waals surface area contributed by atoms with E-state index in [1.54, 1.807) is 7.11 Å². The van der Waals surface area contributed by atoms with E-state index in [9.17, 15) is 0 Å². The number of nitrogens with zero attached hydrogens (tertiary/aromatic N) is 1. The summed E-state index contributed by atoms with van der Waals surface area (Å²) in [5.41, 5.74) is 2.57. The first kappa shape index (κ1) is 13.5. The Kier molecular flexibility index (Phi) is 5.17. The molecule has 1 saturated carbocycles. The zero-order chi connectivity index (χ0) is 12.8. The van der Waals surface area contributed by atoms with Gasteiger partial charge in [0.2, 0.25) is 0 Å². The second-order valence-corrected chi connectivity index (χ2v) is 5.14. The summed E-state index contributed by atoms with van der Waals surface area (Å²) in [6.07, 6.45) is 2.77. The normalized spacial score (nSPS) is 15.3. The lowest BCUT2D eigenvalue weighted by molar-refractivity contribution is 0.185. The number of nitrogens with one attached hydrogen (secondary N) is 1. The van der Waals surface area contributed by atoms with E-state index < -0.39 is 0 Å². The highest BCUT2D eigenvalue weighted by molar-refractivity contribution is 5.21. The fraction of sp³-hybridized carbons (Fsp3) is 0.600. The Morgan fingerprint density at radius 2 is 1.89 bits per heavy atom. The van der Waals surface area contributed by atoms with E-state index in [1.165, 1.54) is 24.0 Å². The highest BCUT2D eigenvalue weighted by Gasteiger charge is 2.25. The number of rotatable bonds is 8. The van der Waals surface area contributed by atoms with Gasteiger partial charge in [0.1, 0.15) is 0 Å². The summed E-state index contributed by atoms with van der Waals surface area (Å²) in [4.78, 5) is 2.45. The summed E-state index contributed by atoms with van der Waals surface area (Å²) in [5, 5.41) is 3.49. The third kappa shape index (κ3) is 4.41. The van der Waals surface area contributed by atoms with Crippen molar-refractivity contribution < 1.29 is 4.74 Å². The number of hydrogen-bond acceptors (Lipinski definition) is 3. The second kappa shape index (κ2) is 6.88. The Morgan fingerprint density at radius 3 is 2.50 bits per heavy atom. The van der Waals surface area contributed by atoms with Crippen molar-refractivity contribution in [1.29, 1.82) is 0 Å². The van der Waals surface area contributed by atoms with Gasteiger partial charge < -0.3 is 15.0 Å². The van der Waals surface area contributed by atoms with Gasteiger partial charge in [-0.1, -0.05) is 24.3 Å². The Bertz CT molecular complexity index is 346. The van der Waals surface area contributed by atoms with Gasteiger partial charge in [0.15, 0.2) is 0 Å². The predicted octanol–water partition coefficient (Wildman–Crippen LogP) is 2.02. The summed E-state index contributed by atoms with van der Waals surface area (Å²) in [6, 6.07) is 9.48. The van der Waals surface area contributed by atoms with Crippen LogP contribution in [0.3, 0.4) is 0 Å². The summed E-state index contributed by atoms with van der Waals surface area (Å²) >= 11 is 0. The maximum atomic E-state index is 5.10. The molecule has 1 aromatic rings. The molecule has 1 fully saturated rings. The zero-order valence-electron chi connectivity index (χ0n) is 11.5. The van der Waals surface area contributed by atoms with Crippen LogP contribution in [0.1, 0.15) is 24.0 Å². The molecule has 100 valence electrons. The fourth-order valence-corrected chi connectivity index (χ4v) is 2.11. The van der Waals surface area contributed by atoms with Crippen LogP contribution < -0.4 is 5.32 Å². The van der Waals surface area contributed by atoms with Crippen LogP contribution in [0, 0.1) is 0 Å². The molecule has 1 aliphatic rings. The molecule has 0 amide bonds. The molecule has 0 bridgehead atoms. The molecule has 1 aliphatic carbocycles. The van der Waals surface area contributed by atoms with Crippen LogP contribution in [0.15, 0.2) is 24.3 Å². The third-order valence-corrected chi connectivity index (χ3v) is 3.47. The number of hydrogen-bond donors (Lipinski definition) is 1. The van der Waals surface area contributed by atoms with Gasteiger partial charge in [0.05, 0.1) is 6.61 Å². The van der Waals surface area contributed by atoms with Crippen LogP contribution in [0.4, 0.5) is 0 Å². The average molecular weight is 248 g/mol. The van der Waals surface area contributed by atoms with Gasteiger partial charge in [-0.2, -0.15) is 0 Å². The van der Waals surface area contributed by atoms with E-state index in [-0.39, 0.29) is 0 Å². The largest absolute Gasteiger partial charge is 0.380 e. The average Bonchev–Trinajstić information content (AvgIpc) is 3.21. The van der Waals surface area contributed by atoms with Crippen molar-refractivity contribution in [2.75, 3.05) is 27.2 Å². The Balaban J connectivity index is 1.63. The van der Waals surface area contributed by atoms with E-state index in [2.05, 4.69) is 41.5 Å². The van der Waals surface area contributed by atoms with Crippen molar-refractivity contribution in [3.8, 4) is 0 Å². The van der Waals surface area contributed by atoms with Crippen molar-refractivity contribution in [2.45, 2.75) is 32.0 Å². The van der Waals surface area contributed by atoms with Crippen LogP contribution in [0.25, 0.3) is 0 Å². The quantitative estimate of drug-likeness (QED) is 0.712. The van der Waals surface area contributed by atoms with Gasteiger partial charge in [-0.25, -0.2) is 0 Å². The van der Waals surface area contributed by atoms with Crippen molar-refractivity contribution in [2.24, 2.45) is 0 Å². The number of benzene rings is 1. The maximum absolute atomic E-state index is 5.10. The lowest BCUT2D eigenvalue weighted by atomic mass is 10.1. The van der Waals surface area contributed by atoms with Crippen molar-refractivity contribution in [1.82, 2.24) is 10.2 Å². The van der Waals surface area contributed by atoms with Gasteiger partial charge in [0, 0.05) is 32.8 Å². The van der Waals surface area contributed by atoms with Gasteiger partial charge >= 0.3 is 0 Å². The molecule has 18 heavy (non-hydrogen) atoms. The molecule has 0 radical (unpaired) electrons. The van der Waals surface area contributed by atoms with Gasteiger partial charge in [-0.3, -0.25) is 0 Å². The minimum Gasteiger partial charge on any atom is -0.380 e. The summed E-state index contributed by atoms with van der Waals surface area (Å²) in [5.74, 6) is 0. The first-order chi connectivity index (χ1) is 8.79. The summed E-state index contributed by atoms with van der Waals surface area (Å²) in [6.45, 7) is 3.85. The molecule has 0 spiro atoms. The first-order valence-corrected chi connectivity index (χ1v) is 6.77. The van der Waals surface area contributed by atoms with Crippen LogP contribution in [-0.4, -0.2) is 38.2 Å². The SMILES string of the molecule is COCc1ccc(CNCCN(C)C2CC2)cc1. The molecule has 1 N–H and O–H groups in total. The molecule has 0 aliphatic heterocycles. The molecule has 0 aromatic heterocycles. The summed E-state index contributed by atoms with van der Waals surface area (Å²) in [7, 11) is 3.95. The molecule has 0 heterocycles. The molecule has 1 aromatic carbocycles. The Hall–Kier alpha value is -0.900. The lowest BCUT2D eigenvalue weighted by Gasteiger charge is -2.15. The third-order valence-electron chi connectivity index (χ3n) is 3.47. The maximum Gasteiger partial charge on any atom is 0.0713 e. The van der Waals surface area contributed by atoms with Crippen molar-refractivity contribution in [3.63, 3.8) is 0 Å². The molecule has 3 nitrogen and oxygen atoms in total. The molecule has 3 heteroatoms. The van der Waals surface area contributed by atoms with E-state index in [0.29, 0.717) is 6.61 Å². The minimum absolute atomic E-state index is 0.694. The Morgan fingerprint density at radius 1 is 1.22 bits per heavy atom. The smallest absolute Gasteiger partial charge is 0.0713 e. The molecule has 0 saturated heterocycles. The highest BCUT2D eigenvalue weighted by Crippen LogP contribution is 2.24. The molecular weight excluding hydrogens is 224 g/mol. The van der Waals surface area contributed by atoms with Crippen LogP contribution in [0.5, 0.6) is 0 Å². The molecule has 0 atom stereocenters. The van der Waals surface area contributed by atoms with E-state index in [0.717, 1.165) is 25.7 Å². The van der Waals surface area contributed by atoms with Crippen LogP contribution >= 0.6 is 0 Å². The van der Waals surface area contributed by atoms with Gasteiger partial charge in [-0.05, 0) is 31.0 Å². The molecular formula is C15H24N2O. The molecule has 0 unspecified atom stereocenters. The topological polar surface area (TPSA) is 24.5 Å². The number of ether oxygens (including phenoxy) is 1. The number of likely N-dealkylation sites (N-methyl/N-ethyl adjacent to an activating group) is 1. The van der Waals surface area contributed by atoms with E-state index >= 15 is 0 Å². The number of methoxy groups -OCH3 is 1. The predicted molar refractivity (Wildman–Crippen MR) is 74.5 cm³/mol. The lowest BCUT2D eigenvalue weighted by Crippen LogP contribution is -2.30. The van der Waals surface area contributed by atoms with E-state index in [1.807, 2.05) is 0 Å². The van der Waals surface area contributed by atoms with Gasteiger partial charge in [-0.15, -0.1) is 0 Å². The first-order valence-electron chi connectivity index (χ1n) is 6.77. The monoisotopic (exact) mass is 248 g/mol. The van der Waals surface area contributed by atoms with Crippen LogP contribution in [-0.2, 0) is 17.9 Å². The van der Waals surface area contributed by atoms with Crippen LogP contribution in [0.2, 0.25) is 0 Å². The fourth-order valence-electron chi connectivity index (χ4n) is 2.11. The molecule has 2 rings (SSSR count).